The van der Waals surface area contributed by atoms with Crippen molar-refractivity contribution in [2.75, 3.05) is 0 Å². The van der Waals surface area contributed by atoms with E-state index in [1.54, 1.807) is 6.26 Å². The summed E-state index contributed by atoms with van der Waals surface area (Å²) in [6.07, 6.45) is 1.63. The van der Waals surface area contributed by atoms with Crippen molar-refractivity contribution in [3.05, 3.63) is 53.4 Å². The van der Waals surface area contributed by atoms with Gasteiger partial charge in [0.05, 0.1) is 24.1 Å². The second kappa shape index (κ2) is 6.90. The summed E-state index contributed by atoms with van der Waals surface area (Å²) in [5, 5.41) is 18.7. The fourth-order valence-corrected chi connectivity index (χ4v) is 2.93. The molecule has 0 amide bonds. The highest BCUT2D eigenvalue weighted by Crippen LogP contribution is 2.28. The lowest BCUT2D eigenvalue weighted by molar-refractivity contribution is 0.485. The van der Waals surface area contributed by atoms with E-state index in [1.165, 1.54) is 11.8 Å². The summed E-state index contributed by atoms with van der Waals surface area (Å²) in [7, 11) is 0. The summed E-state index contributed by atoms with van der Waals surface area (Å²) >= 11 is 7.32. The van der Waals surface area contributed by atoms with Gasteiger partial charge in [-0.3, -0.25) is 4.57 Å². The van der Waals surface area contributed by atoms with Gasteiger partial charge in [0, 0.05) is 10.6 Å². The topological polar surface area (TPSA) is 67.6 Å². The van der Waals surface area contributed by atoms with Gasteiger partial charge in [0.2, 0.25) is 0 Å². The number of benzene rings is 1. The Bertz CT molecular complexity index is 821. The lowest BCUT2D eigenvalue weighted by Crippen LogP contribution is -2.05. The van der Waals surface area contributed by atoms with Crippen molar-refractivity contribution in [2.24, 2.45) is 0 Å². The highest BCUT2D eigenvalue weighted by Gasteiger charge is 2.17. The number of halogens is 1. The minimum Gasteiger partial charge on any atom is -0.467 e. The Labute approximate surface area is 142 Å². The largest absolute Gasteiger partial charge is 0.467 e. The van der Waals surface area contributed by atoms with E-state index < -0.39 is 0 Å². The first kappa shape index (κ1) is 15.7. The molecule has 7 heteroatoms. The molecule has 1 atom stereocenters. The van der Waals surface area contributed by atoms with Crippen molar-refractivity contribution < 1.29 is 4.42 Å². The van der Waals surface area contributed by atoms with Crippen LogP contribution in [0.1, 0.15) is 12.7 Å². The van der Waals surface area contributed by atoms with Gasteiger partial charge in [0.15, 0.2) is 11.0 Å². The van der Waals surface area contributed by atoms with E-state index in [-0.39, 0.29) is 5.25 Å². The molecule has 0 fully saturated rings. The summed E-state index contributed by atoms with van der Waals surface area (Å²) in [5.74, 6) is 1.51. The van der Waals surface area contributed by atoms with E-state index in [9.17, 15) is 0 Å². The average molecular weight is 345 g/mol. The first-order valence-corrected chi connectivity index (χ1v) is 8.21. The Balaban J connectivity index is 2.01. The quantitative estimate of drug-likeness (QED) is 0.647. The fourth-order valence-electron chi connectivity index (χ4n) is 2.07. The van der Waals surface area contributed by atoms with Gasteiger partial charge in [-0.05, 0) is 43.3 Å². The van der Waals surface area contributed by atoms with E-state index in [4.69, 9.17) is 21.3 Å². The number of rotatable bonds is 5. The molecule has 0 aliphatic carbocycles. The minimum absolute atomic E-state index is 0.215. The first-order valence-electron chi connectivity index (χ1n) is 6.95. The molecule has 3 aromatic rings. The molecule has 0 aliphatic rings. The molecule has 1 aromatic carbocycles. The van der Waals surface area contributed by atoms with Crippen LogP contribution < -0.4 is 0 Å². The Kier molecular flexibility index (Phi) is 4.70. The van der Waals surface area contributed by atoms with Crippen LogP contribution in [0.5, 0.6) is 0 Å². The molecule has 2 aromatic heterocycles. The molecule has 0 N–H and O–H groups in total. The number of thioether (sulfide) groups is 1. The number of hydrogen-bond donors (Lipinski definition) is 0. The zero-order valence-electron chi connectivity index (χ0n) is 12.3. The highest BCUT2D eigenvalue weighted by atomic mass is 35.5. The van der Waals surface area contributed by atoms with Gasteiger partial charge >= 0.3 is 0 Å². The highest BCUT2D eigenvalue weighted by molar-refractivity contribution is 8.00. The molecule has 0 radical (unpaired) electrons. The molecule has 3 rings (SSSR count). The number of nitrogens with zero attached hydrogens (tertiary/aromatic N) is 4. The standard InChI is InChI=1S/C16H13ClN4OS/c1-11(9-18)23-16-20-19-15(12-4-6-13(17)7-5-12)21(16)10-14-3-2-8-22-14/h2-8,11H,10H2,1H3/t11-/m1/s1. The summed E-state index contributed by atoms with van der Waals surface area (Å²) in [6, 6.07) is 13.4. The van der Waals surface area contributed by atoms with Crippen LogP contribution in [0, 0.1) is 11.3 Å². The van der Waals surface area contributed by atoms with Crippen molar-refractivity contribution >= 4 is 23.4 Å². The van der Waals surface area contributed by atoms with Crippen molar-refractivity contribution in [1.29, 1.82) is 5.26 Å². The third-order valence-corrected chi connectivity index (χ3v) is 4.40. The monoisotopic (exact) mass is 344 g/mol. The SMILES string of the molecule is C[C@H](C#N)Sc1nnc(-c2ccc(Cl)cc2)n1Cc1ccco1. The van der Waals surface area contributed by atoms with Crippen LogP contribution in [0.3, 0.4) is 0 Å². The van der Waals surface area contributed by atoms with Crippen LogP contribution in [0.4, 0.5) is 0 Å². The van der Waals surface area contributed by atoms with E-state index in [0.717, 1.165) is 11.3 Å². The van der Waals surface area contributed by atoms with Crippen molar-refractivity contribution in [3.8, 4) is 17.5 Å². The zero-order chi connectivity index (χ0) is 16.2. The molecular weight excluding hydrogens is 332 g/mol. The van der Waals surface area contributed by atoms with Crippen molar-refractivity contribution in [1.82, 2.24) is 14.8 Å². The molecule has 0 saturated heterocycles. The Morgan fingerprint density at radius 2 is 2.09 bits per heavy atom. The van der Waals surface area contributed by atoms with Crippen LogP contribution >= 0.6 is 23.4 Å². The molecular formula is C16H13ClN4OS. The van der Waals surface area contributed by atoms with Gasteiger partial charge in [0.25, 0.3) is 0 Å². The normalized spacial score (nSPS) is 12.0. The van der Waals surface area contributed by atoms with E-state index in [1.807, 2.05) is 47.9 Å². The maximum absolute atomic E-state index is 9.04. The van der Waals surface area contributed by atoms with E-state index >= 15 is 0 Å². The van der Waals surface area contributed by atoms with Crippen LogP contribution in [0.2, 0.25) is 5.02 Å². The molecule has 0 bridgehead atoms. The first-order chi connectivity index (χ1) is 11.2. The third kappa shape index (κ3) is 3.58. The summed E-state index contributed by atoms with van der Waals surface area (Å²) in [4.78, 5) is 0. The second-order valence-corrected chi connectivity index (χ2v) is 6.61. The maximum Gasteiger partial charge on any atom is 0.193 e. The molecule has 5 nitrogen and oxygen atoms in total. The predicted octanol–water partition coefficient (Wildman–Crippen LogP) is 4.24. The second-order valence-electron chi connectivity index (χ2n) is 4.87. The zero-order valence-corrected chi connectivity index (χ0v) is 13.9. The lowest BCUT2D eigenvalue weighted by atomic mass is 10.2. The van der Waals surface area contributed by atoms with Crippen LogP contribution in [-0.4, -0.2) is 20.0 Å². The van der Waals surface area contributed by atoms with Gasteiger partial charge in [-0.2, -0.15) is 5.26 Å². The van der Waals surface area contributed by atoms with Crippen LogP contribution in [0.25, 0.3) is 11.4 Å². The van der Waals surface area contributed by atoms with Crippen molar-refractivity contribution in [3.63, 3.8) is 0 Å². The molecule has 0 saturated carbocycles. The molecule has 0 spiro atoms. The van der Waals surface area contributed by atoms with Gasteiger partial charge in [0.1, 0.15) is 5.76 Å². The lowest BCUT2D eigenvalue weighted by Gasteiger charge is -2.09. The summed E-state index contributed by atoms with van der Waals surface area (Å²) in [5.41, 5.74) is 0.907. The number of aromatic nitrogens is 3. The third-order valence-electron chi connectivity index (χ3n) is 3.18. The predicted molar refractivity (Wildman–Crippen MR) is 89.2 cm³/mol. The Hall–Kier alpha value is -2.23. The van der Waals surface area contributed by atoms with Crippen LogP contribution in [0.15, 0.2) is 52.2 Å². The van der Waals surface area contributed by atoms with Gasteiger partial charge in [-0.1, -0.05) is 23.4 Å². The van der Waals surface area contributed by atoms with E-state index in [2.05, 4.69) is 16.3 Å². The average Bonchev–Trinajstić information content (AvgIpc) is 3.20. The number of nitriles is 1. The van der Waals surface area contributed by atoms with Gasteiger partial charge < -0.3 is 4.42 Å². The van der Waals surface area contributed by atoms with Gasteiger partial charge in [-0.15, -0.1) is 10.2 Å². The van der Waals surface area contributed by atoms with E-state index in [0.29, 0.717) is 22.5 Å². The maximum atomic E-state index is 9.04. The molecule has 23 heavy (non-hydrogen) atoms. The van der Waals surface area contributed by atoms with Gasteiger partial charge in [-0.25, -0.2) is 0 Å². The summed E-state index contributed by atoms with van der Waals surface area (Å²) < 4.78 is 7.38. The number of furan rings is 1. The Morgan fingerprint density at radius 1 is 1.30 bits per heavy atom. The summed E-state index contributed by atoms with van der Waals surface area (Å²) in [6.45, 7) is 2.33. The van der Waals surface area contributed by atoms with Crippen LogP contribution in [-0.2, 0) is 6.54 Å². The molecule has 2 heterocycles. The fraction of sp³-hybridized carbons (Fsp3) is 0.188. The smallest absolute Gasteiger partial charge is 0.193 e. The Morgan fingerprint density at radius 3 is 2.74 bits per heavy atom. The molecule has 0 unspecified atom stereocenters. The molecule has 0 aliphatic heterocycles. The van der Waals surface area contributed by atoms with Crippen molar-refractivity contribution in [2.45, 2.75) is 23.9 Å². The number of hydrogen-bond acceptors (Lipinski definition) is 5. The minimum atomic E-state index is -0.215. The molecule has 116 valence electrons.